The second-order valence-electron chi connectivity index (χ2n) is 7.56. The second kappa shape index (κ2) is 7.96. The van der Waals surface area contributed by atoms with E-state index in [1.807, 2.05) is 36.4 Å². The molecule has 1 aliphatic heterocycles. The number of pyridine rings is 1. The van der Waals surface area contributed by atoms with E-state index in [2.05, 4.69) is 51.1 Å². The molecular formula is C25H21FN4S. The maximum absolute atomic E-state index is 13.6. The van der Waals surface area contributed by atoms with E-state index in [9.17, 15) is 4.39 Å². The van der Waals surface area contributed by atoms with Crippen LogP contribution in [0.2, 0.25) is 0 Å². The highest BCUT2D eigenvalue weighted by Gasteiger charge is 2.42. The maximum Gasteiger partial charge on any atom is 0.174 e. The minimum absolute atomic E-state index is 0.156. The number of thiocarbonyl (C=S) groups is 1. The highest BCUT2D eigenvalue weighted by atomic mass is 32.1. The van der Waals surface area contributed by atoms with Crippen molar-refractivity contribution in [2.45, 2.75) is 19.0 Å². The van der Waals surface area contributed by atoms with Gasteiger partial charge >= 0.3 is 0 Å². The first-order valence-electron chi connectivity index (χ1n) is 10.1. The van der Waals surface area contributed by atoms with Crippen molar-refractivity contribution in [1.82, 2.24) is 14.9 Å². The highest BCUT2D eigenvalue weighted by molar-refractivity contribution is 7.80. The van der Waals surface area contributed by atoms with E-state index in [1.54, 1.807) is 18.3 Å². The Kier molecular flexibility index (Phi) is 5.00. The number of benzene rings is 2. The first kappa shape index (κ1) is 19.5. The number of halogens is 1. The van der Waals surface area contributed by atoms with Crippen LogP contribution in [0.5, 0.6) is 0 Å². The lowest BCUT2D eigenvalue weighted by Crippen LogP contribution is -2.30. The van der Waals surface area contributed by atoms with Gasteiger partial charge in [0, 0.05) is 29.5 Å². The third-order valence-electron chi connectivity index (χ3n) is 5.66. The van der Waals surface area contributed by atoms with E-state index in [0.717, 1.165) is 22.8 Å². The van der Waals surface area contributed by atoms with Crippen LogP contribution in [0.15, 0.2) is 91.3 Å². The number of aryl methyl sites for hydroxylation is 1. The zero-order valence-electron chi connectivity index (χ0n) is 16.9. The van der Waals surface area contributed by atoms with Gasteiger partial charge in [-0.25, -0.2) is 4.39 Å². The van der Waals surface area contributed by atoms with E-state index >= 15 is 0 Å². The Bertz CT molecular complexity index is 1220. The monoisotopic (exact) mass is 428 g/mol. The topological polar surface area (TPSA) is 33.1 Å². The molecule has 2 atom stereocenters. The number of hydrogen-bond donors (Lipinski definition) is 1. The molecule has 0 spiro atoms. The summed E-state index contributed by atoms with van der Waals surface area (Å²) in [5, 5.41) is 4.04. The predicted molar refractivity (Wildman–Crippen MR) is 125 cm³/mol. The van der Waals surface area contributed by atoms with Crippen LogP contribution in [0.1, 0.15) is 29.0 Å². The zero-order chi connectivity index (χ0) is 21.4. The number of para-hydroxylation sites is 1. The molecule has 0 amide bonds. The van der Waals surface area contributed by atoms with Gasteiger partial charge in [-0.15, -0.1) is 0 Å². The minimum Gasteiger partial charge on any atom is -0.351 e. The lowest BCUT2D eigenvalue weighted by atomic mass is 10.0. The summed E-state index contributed by atoms with van der Waals surface area (Å²) in [5.41, 5.74) is 5.09. The fourth-order valence-electron chi connectivity index (χ4n) is 4.22. The molecule has 1 N–H and O–H groups in total. The molecule has 3 heterocycles. The summed E-state index contributed by atoms with van der Waals surface area (Å²) in [5.74, 6) is -0.275. The highest BCUT2D eigenvalue weighted by Crippen LogP contribution is 2.42. The fraction of sp³-hybridized carbons (Fsp3) is 0.120. The molecule has 154 valence electrons. The summed E-state index contributed by atoms with van der Waals surface area (Å²) in [7, 11) is 0. The summed E-state index contributed by atoms with van der Waals surface area (Å²) < 4.78 is 15.8. The van der Waals surface area contributed by atoms with Crippen LogP contribution in [-0.2, 0) is 0 Å². The molecule has 1 fully saturated rings. The average molecular weight is 429 g/mol. The van der Waals surface area contributed by atoms with Crippen molar-refractivity contribution in [2.75, 3.05) is 4.90 Å². The molecular weight excluding hydrogens is 407 g/mol. The molecule has 6 heteroatoms. The van der Waals surface area contributed by atoms with Crippen molar-refractivity contribution in [2.24, 2.45) is 0 Å². The Hall–Kier alpha value is -3.51. The summed E-state index contributed by atoms with van der Waals surface area (Å²) in [6.07, 6.45) is 3.86. The van der Waals surface area contributed by atoms with Crippen molar-refractivity contribution in [1.29, 1.82) is 0 Å². The zero-order valence-corrected chi connectivity index (χ0v) is 17.8. The molecule has 0 unspecified atom stereocenters. The van der Waals surface area contributed by atoms with E-state index in [0.29, 0.717) is 5.11 Å². The number of nitrogens with one attached hydrogen (secondary N) is 1. The standard InChI is InChI=1S/C25H21FN4S/c1-17-7-2-3-9-21(17)29-16-6-10-22(29)24-23(20-8-4-5-15-27-20)28-25(31)30(24)19-13-11-18(26)12-14-19/h2-16,23-24H,1H3,(H,28,31)/t23-,24-/m1/s1. The van der Waals surface area contributed by atoms with Crippen molar-refractivity contribution < 1.29 is 4.39 Å². The van der Waals surface area contributed by atoms with Gasteiger partial charge in [0.25, 0.3) is 0 Å². The molecule has 4 aromatic rings. The molecule has 5 rings (SSSR count). The van der Waals surface area contributed by atoms with Gasteiger partial charge in [-0.1, -0.05) is 24.3 Å². The first-order chi connectivity index (χ1) is 15.1. The summed E-state index contributed by atoms with van der Waals surface area (Å²) in [6.45, 7) is 2.10. The van der Waals surface area contributed by atoms with Crippen LogP contribution in [0.3, 0.4) is 0 Å². The molecule has 0 radical (unpaired) electrons. The smallest absolute Gasteiger partial charge is 0.174 e. The molecule has 0 aliphatic carbocycles. The van der Waals surface area contributed by atoms with Gasteiger partial charge in [-0.2, -0.15) is 0 Å². The van der Waals surface area contributed by atoms with E-state index in [4.69, 9.17) is 12.2 Å². The first-order valence-corrected chi connectivity index (χ1v) is 10.5. The summed E-state index contributed by atoms with van der Waals surface area (Å²) in [4.78, 5) is 6.65. The van der Waals surface area contributed by atoms with Crippen molar-refractivity contribution in [3.63, 3.8) is 0 Å². The van der Waals surface area contributed by atoms with Gasteiger partial charge in [-0.05, 0) is 79.3 Å². The van der Waals surface area contributed by atoms with E-state index in [1.165, 1.54) is 17.7 Å². The molecule has 0 bridgehead atoms. The lowest BCUT2D eigenvalue weighted by molar-refractivity contribution is 0.549. The van der Waals surface area contributed by atoms with Gasteiger partial charge in [0.05, 0.1) is 11.7 Å². The van der Waals surface area contributed by atoms with Crippen molar-refractivity contribution >= 4 is 23.0 Å². The van der Waals surface area contributed by atoms with Crippen LogP contribution < -0.4 is 10.2 Å². The normalized spacial score (nSPS) is 18.3. The molecule has 2 aromatic heterocycles. The Morgan fingerprint density at radius 3 is 2.45 bits per heavy atom. The SMILES string of the molecule is Cc1ccccc1-n1cccc1[C@@H]1[C@@H](c2ccccn2)NC(=S)N1c1ccc(F)cc1. The van der Waals surface area contributed by atoms with Crippen LogP contribution >= 0.6 is 12.2 Å². The lowest BCUT2D eigenvalue weighted by Gasteiger charge is -2.29. The van der Waals surface area contributed by atoms with Crippen LogP contribution in [-0.4, -0.2) is 14.7 Å². The van der Waals surface area contributed by atoms with Crippen LogP contribution in [0.4, 0.5) is 10.1 Å². The Balaban J connectivity index is 1.68. The number of hydrogen-bond acceptors (Lipinski definition) is 2. The third-order valence-corrected chi connectivity index (χ3v) is 5.98. The maximum atomic E-state index is 13.6. The molecule has 1 aliphatic rings. The Labute approximate surface area is 186 Å². The molecule has 1 saturated heterocycles. The van der Waals surface area contributed by atoms with Crippen molar-refractivity contribution in [3.8, 4) is 5.69 Å². The second-order valence-corrected chi connectivity index (χ2v) is 7.95. The Morgan fingerprint density at radius 1 is 0.935 bits per heavy atom. The minimum atomic E-state index is -0.275. The van der Waals surface area contributed by atoms with Gasteiger partial charge in [0.2, 0.25) is 0 Å². The van der Waals surface area contributed by atoms with E-state index in [-0.39, 0.29) is 17.9 Å². The molecule has 4 nitrogen and oxygen atoms in total. The largest absolute Gasteiger partial charge is 0.351 e. The average Bonchev–Trinajstić information content (AvgIpc) is 3.39. The Morgan fingerprint density at radius 2 is 1.71 bits per heavy atom. The summed E-state index contributed by atoms with van der Waals surface area (Å²) >= 11 is 5.75. The molecule has 31 heavy (non-hydrogen) atoms. The number of aromatic nitrogens is 2. The number of anilines is 1. The van der Waals surface area contributed by atoms with Gasteiger partial charge < -0.3 is 14.8 Å². The predicted octanol–water partition coefficient (Wildman–Crippen LogP) is 5.50. The van der Waals surface area contributed by atoms with Gasteiger partial charge in [-0.3, -0.25) is 4.98 Å². The third kappa shape index (κ3) is 3.49. The van der Waals surface area contributed by atoms with Gasteiger partial charge in [0.15, 0.2) is 5.11 Å². The number of rotatable bonds is 4. The molecule has 0 saturated carbocycles. The van der Waals surface area contributed by atoms with Gasteiger partial charge in [0.1, 0.15) is 11.9 Å². The fourth-order valence-corrected chi connectivity index (χ4v) is 4.57. The summed E-state index contributed by atoms with van der Waals surface area (Å²) in [6, 6.07) is 24.4. The molecule has 2 aromatic carbocycles. The van der Waals surface area contributed by atoms with E-state index < -0.39 is 0 Å². The van der Waals surface area contributed by atoms with Crippen LogP contribution in [0.25, 0.3) is 5.69 Å². The van der Waals surface area contributed by atoms with Crippen LogP contribution in [0, 0.1) is 12.7 Å². The van der Waals surface area contributed by atoms with Crippen molar-refractivity contribution in [3.05, 3.63) is 114 Å². The quantitative estimate of drug-likeness (QED) is 0.435. The number of nitrogens with zero attached hydrogens (tertiary/aromatic N) is 3.